The molecule has 13 heteroatoms. The average Bonchev–Trinajstić information content (AvgIpc) is 3.79. The van der Waals surface area contributed by atoms with Crippen LogP contribution in [0.25, 0.3) is 5.76 Å². The molecular formula is C30H34F3N3O7. The van der Waals surface area contributed by atoms with Crippen molar-refractivity contribution in [3.05, 3.63) is 45.2 Å². The molecule has 0 bridgehead atoms. The van der Waals surface area contributed by atoms with Crippen LogP contribution in [0.15, 0.2) is 23.0 Å². The maximum absolute atomic E-state index is 14.8. The summed E-state index contributed by atoms with van der Waals surface area (Å²) in [5.41, 5.74) is -1.03. The van der Waals surface area contributed by atoms with Crippen LogP contribution in [-0.4, -0.2) is 86.0 Å². The number of hydrogen-bond acceptors (Lipinski definition) is 9. The summed E-state index contributed by atoms with van der Waals surface area (Å²) in [6.07, 6.45) is -1.74. The number of primary amides is 1. The van der Waals surface area contributed by atoms with Crippen LogP contribution < -0.4 is 5.73 Å². The molecule has 0 spiro atoms. The van der Waals surface area contributed by atoms with Gasteiger partial charge in [0, 0.05) is 30.6 Å². The van der Waals surface area contributed by atoms with Crippen molar-refractivity contribution in [3.63, 3.8) is 0 Å². The fraction of sp³-hybridized carbons (Fsp3) is 0.567. The predicted molar refractivity (Wildman–Crippen MR) is 145 cm³/mol. The number of aliphatic hydroxyl groups is 3. The van der Waals surface area contributed by atoms with E-state index in [9.17, 15) is 48.0 Å². The highest BCUT2D eigenvalue weighted by molar-refractivity contribution is 6.24. The maximum atomic E-state index is 14.8. The second-order valence-corrected chi connectivity index (χ2v) is 12.8. The largest absolute Gasteiger partial charge is 0.508 e. The summed E-state index contributed by atoms with van der Waals surface area (Å²) >= 11 is 0. The summed E-state index contributed by atoms with van der Waals surface area (Å²) in [5.74, 6) is -8.44. The normalized spacial score (nSPS) is 29.3. The fourth-order valence-corrected chi connectivity index (χ4v) is 7.49. The van der Waals surface area contributed by atoms with E-state index in [2.05, 4.69) is 0 Å². The van der Waals surface area contributed by atoms with Gasteiger partial charge in [0.25, 0.3) is 5.91 Å². The molecule has 1 amide bonds. The third-order valence-corrected chi connectivity index (χ3v) is 9.71. The first kappa shape index (κ1) is 29.6. The van der Waals surface area contributed by atoms with Gasteiger partial charge in [-0.05, 0) is 81.6 Å². The third-order valence-electron chi connectivity index (χ3n) is 9.71. The molecule has 4 atom stereocenters. The summed E-state index contributed by atoms with van der Waals surface area (Å²) in [6, 6.07) is -0.171. The Balaban J connectivity index is 1.51. The summed E-state index contributed by atoms with van der Waals surface area (Å²) in [6.45, 7) is 0.628. The number of hydrogen-bond donors (Lipinski definition) is 5. The van der Waals surface area contributed by atoms with Gasteiger partial charge in [0.2, 0.25) is 5.78 Å². The highest BCUT2D eigenvalue weighted by Gasteiger charge is 2.64. The van der Waals surface area contributed by atoms with Crippen molar-refractivity contribution in [1.29, 1.82) is 0 Å². The van der Waals surface area contributed by atoms with Gasteiger partial charge in [-0.3, -0.25) is 24.2 Å². The number of nitrogens with two attached hydrogens (primary N) is 1. The SMILES string of the molecule is CN(C)[C@@H]1C(=O)C(C(N)=O)=C(O)[C@@]2(O)C(=O)C3=C(O)c4c(O)cc(CN(CC5CC5)C5CC5)c(C(F)(F)F)c4C[C@H]3C[C@@H]12. The van der Waals surface area contributed by atoms with Crippen molar-refractivity contribution in [2.45, 2.75) is 68.9 Å². The molecule has 0 aromatic heterocycles. The van der Waals surface area contributed by atoms with Crippen molar-refractivity contribution < 1.29 is 48.0 Å². The van der Waals surface area contributed by atoms with E-state index in [1.807, 2.05) is 4.90 Å². The zero-order valence-electron chi connectivity index (χ0n) is 23.7. The second-order valence-electron chi connectivity index (χ2n) is 12.8. The van der Waals surface area contributed by atoms with Crippen LogP contribution in [-0.2, 0) is 33.5 Å². The predicted octanol–water partition coefficient (Wildman–Crippen LogP) is 2.36. The minimum atomic E-state index is -4.86. The van der Waals surface area contributed by atoms with Crippen molar-refractivity contribution in [2.75, 3.05) is 20.6 Å². The lowest BCUT2D eigenvalue weighted by Gasteiger charge is -2.50. The third kappa shape index (κ3) is 4.54. The lowest BCUT2D eigenvalue weighted by atomic mass is 9.57. The topological polar surface area (TPSA) is 165 Å². The van der Waals surface area contributed by atoms with Gasteiger partial charge in [-0.25, -0.2) is 0 Å². The van der Waals surface area contributed by atoms with Crippen LogP contribution in [0.3, 0.4) is 0 Å². The first-order chi connectivity index (χ1) is 20.1. The Bertz CT molecular complexity index is 1510. The molecular weight excluding hydrogens is 571 g/mol. The Morgan fingerprint density at radius 1 is 1.12 bits per heavy atom. The number of carbonyl (C=O) groups excluding carboxylic acids is 3. The van der Waals surface area contributed by atoms with E-state index >= 15 is 0 Å². The van der Waals surface area contributed by atoms with Crippen LogP contribution in [0, 0.1) is 17.8 Å². The van der Waals surface area contributed by atoms with Crippen molar-refractivity contribution >= 4 is 23.2 Å². The van der Waals surface area contributed by atoms with Crippen LogP contribution in [0.1, 0.15) is 54.4 Å². The Morgan fingerprint density at radius 3 is 2.30 bits per heavy atom. The van der Waals surface area contributed by atoms with Crippen molar-refractivity contribution in [2.24, 2.45) is 23.5 Å². The Morgan fingerprint density at radius 2 is 1.77 bits per heavy atom. The lowest BCUT2D eigenvalue weighted by Crippen LogP contribution is -2.65. The zero-order valence-corrected chi connectivity index (χ0v) is 23.7. The van der Waals surface area contributed by atoms with Gasteiger partial charge in [0.05, 0.1) is 17.2 Å². The minimum Gasteiger partial charge on any atom is -0.508 e. The van der Waals surface area contributed by atoms with Gasteiger partial charge in [-0.1, -0.05) is 0 Å². The summed E-state index contributed by atoms with van der Waals surface area (Å²) in [4.78, 5) is 42.6. The molecule has 10 nitrogen and oxygen atoms in total. The molecule has 6 N–H and O–H groups in total. The maximum Gasteiger partial charge on any atom is 0.417 e. The standard InChI is InChI=1S/C30H34F3N3O7/c1-35(2)23-17-8-13-7-16-20(24(38)19(13)26(40)29(17,43)27(41)21(25(23)39)28(34)42)18(37)9-14(22(16)30(31,32)33)11-36(15-5-6-15)10-12-3-4-12/h9,12-13,15,17,23,37-38,41,43H,3-8,10-11H2,1-2H3,(H2,34,42)/t13-,17-,23-,29-/m0/s1. The van der Waals surface area contributed by atoms with Crippen molar-refractivity contribution in [1.82, 2.24) is 9.80 Å². The van der Waals surface area contributed by atoms with E-state index in [-0.39, 0.29) is 30.1 Å². The number of likely N-dealkylation sites (N-methyl/N-ethyl adjacent to an activating group) is 1. The molecule has 1 aromatic rings. The monoisotopic (exact) mass is 605 g/mol. The van der Waals surface area contributed by atoms with E-state index in [0.717, 1.165) is 31.7 Å². The summed E-state index contributed by atoms with van der Waals surface area (Å²) in [5, 5.41) is 44.9. The number of Topliss-reactive ketones (excluding diaryl/α,β-unsaturated/α-hetero) is 2. The number of aromatic hydroxyl groups is 1. The van der Waals surface area contributed by atoms with Gasteiger partial charge >= 0.3 is 6.18 Å². The molecule has 43 heavy (non-hydrogen) atoms. The molecule has 5 aliphatic rings. The van der Waals surface area contributed by atoms with Gasteiger partial charge in [-0.2, -0.15) is 13.2 Å². The Labute approximate surface area is 245 Å². The van der Waals surface area contributed by atoms with Crippen LogP contribution in [0.2, 0.25) is 0 Å². The van der Waals surface area contributed by atoms with E-state index < -0.39 is 93.1 Å². The molecule has 0 aliphatic heterocycles. The highest BCUT2D eigenvalue weighted by atomic mass is 19.4. The molecule has 1 aromatic carbocycles. The average molecular weight is 606 g/mol. The number of ketones is 2. The van der Waals surface area contributed by atoms with Crippen LogP contribution >= 0.6 is 0 Å². The van der Waals surface area contributed by atoms with Gasteiger partial charge in [0.1, 0.15) is 22.8 Å². The summed E-state index contributed by atoms with van der Waals surface area (Å²) in [7, 11) is 2.90. The smallest absolute Gasteiger partial charge is 0.417 e. The minimum absolute atomic E-state index is 0.0358. The number of phenolic OH excluding ortho intramolecular Hbond substituents is 1. The number of benzene rings is 1. The Kier molecular flexibility index (Phi) is 6.75. The van der Waals surface area contributed by atoms with E-state index in [1.165, 1.54) is 19.0 Å². The molecule has 3 fully saturated rings. The quantitative estimate of drug-likeness (QED) is 0.294. The van der Waals surface area contributed by atoms with Gasteiger partial charge in [0.15, 0.2) is 11.4 Å². The number of aliphatic hydroxyl groups excluding tert-OH is 2. The fourth-order valence-electron chi connectivity index (χ4n) is 7.49. The molecule has 6 rings (SSSR count). The van der Waals surface area contributed by atoms with E-state index in [1.54, 1.807) is 0 Å². The number of fused-ring (bicyclic) bond motifs is 3. The molecule has 0 unspecified atom stereocenters. The molecule has 3 saturated carbocycles. The number of nitrogens with zero attached hydrogens (tertiary/aromatic N) is 2. The first-order valence-corrected chi connectivity index (χ1v) is 14.4. The highest BCUT2D eigenvalue weighted by Crippen LogP contribution is 2.54. The zero-order chi connectivity index (χ0) is 31.3. The van der Waals surface area contributed by atoms with E-state index in [4.69, 9.17) is 5.73 Å². The van der Waals surface area contributed by atoms with Gasteiger partial charge < -0.3 is 26.2 Å². The molecule has 232 valence electrons. The number of phenols is 1. The number of rotatable bonds is 7. The number of alkyl halides is 3. The second kappa shape index (κ2) is 9.80. The van der Waals surface area contributed by atoms with E-state index in [0.29, 0.717) is 12.5 Å². The lowest BCUT2D eigenvalue weighted by molar-refractivity contribution is -0.153. The Hall–Kier alpha value is -3.42. The molecule has 0 saturated heterocycles. The van der Waals surface area contributed by atoms with Crippen LogP contribution in [0.5, 0.6) is 5.75 Å². The molecule has 5 aliphatic carbocycles. The number of carbonyl (C=O) groups is 3. The number of halogens is 3. The van der Waals surface area contributed by atoms with Crippen molar-refractivity contribution in [3.8, 4) is 5.75 Å². The molecule has 0 radical (unpaired) electrons. The van der Waals surface area contributed by atoms with Gasteiger partial charge in [-0.15, -0.1) is 0 Å². The first-order valence-electron chi connectivity index (χ1n) is 14.4. The van der Waals surface area contributed by atoms with Crippen LogP contribution in [0.4, 0.5) is 13.2 Å². The summed E-state index contributed by atoms with van der Waals surface area (Å²) < 4.78 is 44.5. The molecule has 0 heterocycles. The number of amides is 1.